The van der Waals surface area contributed by atoms with Crippen molar-refractivity contribution < 1.29 is 13.6 Å². The molecule has 0 aromatic heterocycles. The minimum absolute atomic E-state index is 0.0748. The number of carbonyl (C=O) groups excluding carboxylic acids is 1. The van der Waals surface area contributed by atoms with Crippen LogP contribution in [-0.2, 0) is 4.79 Å². The number of carbonyl (C=O) groups is 1. The van der Waals surface area contributed by atoms with Gasteiger partial charge in [-0.3, -0.25) is 4.79 Å². The lowest BCUT2D eigenvalue weighted by molar-refractivity contribution is -0.143. The predicted octanol–water partition coefficient (Wildman–Crippen LogP) is 4.02. The third-order valence-electron chi connectivity index (χ3n) is 5.40. The first kappa shape index (κ1) is 14.5. The van der Waals surface area contributed by atoms with Gasteiger partial charge in [0.2, 0.25) is 5.91 Å². The van der Waals surface area contributed by atoms with E-state index in [1.807, 2.05) is 6.07 Å². The highest BCUT2D eigenvalue weighted by Gasteiger charge is 2.60. The fraction of sp³-hybridized carbons (Fsp3) is 0.588. The van der Waals surface area contributed by atoms with E-state index in [-0.39, 0.29) is 23.8 Å². The molecule has 1 aromatic carbocycles. The van der Waals surface area contributed by atoms with Crippen LogP contribution in [0.15, 0.2) is 24.3 Å². The second-order valence-corrected chi connectivity index (χ2v) is 7.02. The molecule has 0 radical (unpaired) electrons. The zero-order chi connectivity index (χ0) is 15.4. The summed E-state index contributed by atoms with van der Waals surface area (Å²) in [4.78, 5) is 14.6. The topological polar surface area (TPSA) is 20.3 Å². The van der Waals surface area contributed by atoms with Crippen molar-refractivity contribution >= 4 is 5.91 Å². The number of alkyl halides is 1. The molecule has 0 spiro atoms. The summed E-state index contributed by atoms with van der Waals surface area (Å²) >= 11 is 0. The molecule has 4 heteroatoms. The van der Waals surface area contributed by atoms with Gasteiger partial charge in [0.05, 0.1) is 11.5 Å². The molecule has 0 unspecified atom stereocenters. The van der Waals surface area contributed by atoms with E-state index in [4.69, 9.17) is 0 Å². The highest BCUT2D eigenvalue weighted by atomic mass is 19.1. The number of benzene rings is 1. The Morgan fingerprint density at radius 1 is 1.33 bits per heavy atom. The summed E-state index contributed by atoms with van der Waals surface area (Å²) in [5, 5.41) is 0. The standard InChI is InChI=1S/C17H21F2NO/c1-16(2,19)17(3)10-13-7-8-14(20(13)15(17)21)11-5-4-6-12(18)9-11/h4-6,9,13-14H,7-8,10H2,1-3H3/t13-,14+,17-/m1/s1. The molecule has 1 aromatic rings. The first-order valence-corrected chi connectivity index (χ1v) is 7.51. The molecule has 1 amide bonds. The minimum atomic E-state index is -1.55. The molecule has 0 N–H and O–H groups in total. The van der Waals surface area contributed by atoms with E-state index in [1.165, 1.54) is 26.0 Å². The smallest absolute Gasteiger partial charge is 0.232 e. The largest absolute Gasteiger partial charge is 0.332 e. The van der Waals surface area contributed by atoms with Crippen molar-refractivity contribution in [2.45, 2.75) is 57.8 Å². The number of nitrogens with zero attached hydrogens (tertiary/aromatic N) is 1. The van der Waals surface area contributed by atoms with Crippen molar-refractivity contribution in [3.8, 4) is 0 Å². The van der Waals surface area contributed by atoms with Gasteiger partial charge in [0, 0.05) is 6.04 Å². The van der Waals surface area contributed by atoms with Gasteiger partial charge in [-0.1, -0.05) is 12.1 Å². The minimum Gasteiger partial charge on any atom is -0.332 e. The van der Waals surface area contributed by atoms with E-state index in [0.717, 1.165) is 18.4 Å². The molecule has 2 fully saturated rings. The van der Waals surface area contributed by atoms with E-state index in [2.05, 4.69) is 0 Å². The lowest BCUT2D eigenvalue weighted by Gasteiger charge is -2.34. The van der Waals surface area contributed by atoms with Crippen LogP contribution in [0.25, 0.3) is 0 Å². The second kappa shape index (κ2) is 4.52. The zero-order valence-electron chi connectivity index (χ0n) is 12.7. The van der Waals surface area contributed by atoms with Gasteiger partial charge in [0.1, 0.15) is 11.5 Å². The SMILES string of the molecule is CC(C)(F)[C@]1(C)C[C@H]2CC[C@@H](c3cccc(F)c3)N2C1=O. The van der Waals surface area contributed by atoms with Gasteiger partial charge in [0.15, 0.2) is 0 Å². The summed E-state index contributed by atoms with van der Waals surface area (Å²) in [6.07, 6.45) is 2.22. The second-order valence-electron chi connectivity index (χ2n) is 7.02. The Kier molecular flexibility index (Phi) is 3.12. The van der Waals surface area contributed by atoms with Gasteiger partial charge in [-0.15, -0.1) is 0 Å². The number of hydrogen-bond acceptors (Lipinski definition) is 1. The van der Waals surface area contributed by atoms with Crippen molar-refractivity contribution in [2.24, 2.45) is 5.41 Å². The summed E-state index contributed by atoms with van der Waals surface area (Å²) < 4.78 is 28.0. The third kappa shape index (κ3) is 2.07. The Labute approximate surface area is 124 Å². The number of halogens is 2. The average molecular weight is 293 g/mol. The average Bonchev–Trinajstić information content (AvgIpc) is 2.89. The molecule has 0 bridgehead atoms. The Bertz CT molecular complexity index is 580. The fourth-order valence-electron chi connectivity index (χ4n) is 3.77. The number of amides is 1. The molecule has 2 saturated heterocycles. The van der Waals surface area contributed by atoms with E-state index >= 15 is 0 Å². The quantitative estimate of drug-likeness (QED) is 0.806. The monoisotopic (exact) mass is 293 g/mol. The lowest BCUT2D eigenvalue weighted by atomic mass is 9.74. The Morgan fingerprint density at radius 3 is 2.67 bits per heavy atom. The maximum atomic E-state index is 14.5. The summed E-state index contributed by atoms with van der Waals surface area (Å²) in [7, 11) is 0. The molecular weight excluding hydrogens is 272 g/mol. The van der Waals surface area contributed by atoms with Crippen molar-refractivity contribution in [1.29, 1.82) is 0 Å². The number of hydrogen-bond donors (Lipinski definition) is 0. The first-order valence-electron chi connectivity index (χ1n) is 7.51. The van der Waals surface area contributed by atoms with Crippen LogP contribution in [0, 0.1) is 11.2 Å². The molecule has 0 aliphatic carbocycles. The summed E-state index contributed by atoms with van der Waals surface area (Å²) in [6.45, 7) is 4.67. The van der Waals surface area contributed by atoms with Gasteiger partial charge < -0.3 is 4.90 Å². The maximum Gasteiger partial charge on any atom is 0.232 e. The Morgan fingerprint density at radius 2 is 2.05 bits per heavy atom. The van der Waals surface area contributed by atoms with E-state index in [0.29, 0.717) is 6.42 Å². The number of fused-ring (bicyclic) bond motifs is 1. The van der Waals surface area contributed by atoms with Gasteiger partial charge in [-0.2, -0.15) is 0 Å². The predicted molar refractivity (Wildman–Crippen MR) is 76.9 cm³/mol. The van der Waals surface area contributed by atoms with Gasteiger partial charge in [0.25, 0.3) is 0 Å². The lowest BCUT2D eigenvalue weighted by Crippen LogP contribution is -2.45. The molecule has 2 nitrogen and oxygen atoms in total. The van der Waals surface area contributed by atoms with E-state index < -0.39 is 11.1 Å². The zero-order valence-corrected chi connectivity index (χ0v) is 12.7. The van der Waals surface area contributed by atoms with Crippen LogP contribution in [-0.4, -0.2) is 22.5 Å². The van der Waals surface area contributed by atoms with Crippen LogP contribution in [0.2, 0.25) is 0 Å². The summed E-state index contributed by atoms with van der Waals surface area (Å²) in [5.74, 6) is -0.428. The highest BCUT2D eigenvalue weighted by Crippen LogP contribution is 2.53. The first-order chi connectivity index (χ1) is 9.74. The summed E-state index contributed by atoms with van der Waals surface area (Å²) in [6, 6.07) is 6.34. The molecule has 3 rings (SSSR count). The fourth-order valence-corrected chi connectivity index (χ4v) is 3.77. The van der Waals surface area contributed by atoms with Gasteiger partial charge in [-0.25, -0.2) is 8.78 Å². The van der Waals surface area contributed by atoms with Crippen molar-refractivity contribution in [2.75, 3.05) is 0 Å². The molecule has 2 aliphatic rings. The Balaban J connectivity index is 1.95. The van der Waals surface area contributed by atoms with Crippen LogP contribution in [0.3, 0.4) is 0 Å². The molecule has 114 valence electrons. The van der Waals surface area contributed by atoms with Crippen molar-refractivity contribution in [3.05, 3.63) is 35.6 Å². The van der Waals surface area contributed by atoms with Gasteiger partial charge in [-0.05, 0) is 57.7 Å². The summed E-state index contributed by atoms with van der Waals surface area (Å²) in [5.41, 5.74) is -1.73. The van der Waals surface area contributed by atoms with Crippen molar-refractivity contribution in [3.63, 3.8) is 0 Å². The highest BCUT2D eigenvalue weighted by molar-refractivity contribution is 5.87. The molecule has 21 heavy (non-hydrogen) atoms. The van der Waals surface area contributed by atoms with Gasteiger partial charge >= 0.3 is 0 Å². The third-order valence-corrected chi connectivity index (χ3v) is 5.40. The molecule has 3 atom stereocenters. The van der Waals surface area contributed by atoms with Crippen molar-refractivity contribution in [1.82, 2.24) is 4.90 Å². The van der Waals surface area contributed by atoms with E-state index in [9.17, 15) is 13.6 Å². The molecule has 0 saturated carbocycles. The van der Waals surface area contributed by atoms with Crippen LogP contribution in [0.1, 0.15) is 51.6 Å². The van der Waals surface area contributed by atoms with Crippen LogP contribution >= 0.6 is 0 Å². The van der Waals surface area contributed by atoms with Crippen LogP contribution in [0.4, 0.5) is 8.78 Å². The molecule has 2 aliphatic heterocycles. The maximum absolute atomic E-state index is 14.5. The number of rotatable bonds is 2. The molecular formula is C17H21F2NO. The normalized spacial score (nSPS) is 32.6. The van der Waals surface area contributed by atoms with Crippen LogP contribution < -0.4 is 0 Å². The molecule has 2 heterocycles. The van der Waals surface area contributed by atoms with Crippen LogP contribution in [0.5, 0.6) is 0 Å². The Hall–Kier alpha value is -1.45. The van der Waals surface area contributed by atoms with E-state index in [1.54, 1.807) is 17.9 Å².